The summed E-state index contributed by atoms with van der Waals surface area (Å²) in [7, 11) is -3.94. The lowest BCUT2D eigenvalue weighted by atomic mass is 10.1. The van der Waals surface area contributed by atoms with Crippen LogP contribution >= 0.6 is 0 Å². The molecule has 1 N–H and O–H groups in total. The van der Waals surface area contributed by atoms with Gasteiger partial charge in [-0.25, -0.2) is 17.8 Å². The monoisotopic (exact) mass is 260 g/mol. The second kappa shape index (κ2) is 4.67. The van der Waals surface area contributed by atoms with E-state index in [0.29, 0.717) is 12.8 Å². The van der Waals surface area contributed by atoms with Crippen molar-refractivity contribution in [2.75, 3.05) is 13.1 Å². The summed E-state index contributed by atoms with van der Waals surface area (Å²) in [6.45, 7) is 0.285. The molecule has 0 spiro atoms. The zero-order valence-electron chi connectivity index (χ0n) is 9.08. The predicted octanol–water partition coefficient (Wildman–Crippen LogP) is 0.366. The Morgan fingerprint density at radius 3 is 2.94 bits per heavy atom. The molecule has 1 atom stereocenters. The highest BCUT2D eigenvalue weighted by Gasteiger charge is 2.32. The minimum Gasteiger partial charge on any atom is -0.392 e. The minimum atomic E-state index is -3.94. The molecule has 1 aromatic rings. The highest BCUT2D eigenvalue weighted by Crippen LogP contribution is 2.20. The quantitative estimate of drug-likeness (QED) is 0.834. The van der Waals surface area contributed by atoms with Gasteiger partial charge in [-0.15, -0.1) is 0 Å². The minimum absolute atomic E-state index is 0.00164. The molecule has 7 heteroatoms. The lowest BCUT2D eigenvalue weighted by molar-refractivity contribution is 0.107. The number of piperidine rings is 1. The van der Waals surface area contributed by atoms with Gasteiger partial charge in [0.05, 0.1) is 6.10 Å². The van der Waals surface area contributed by atoms with E-state index in [0.717, 1.165) is 10.4 Å². The number of sulfonamides is 1. The number of hydrogen-bond donors (Lipinski definition) is 1. The van der Waals surface area contributed by atoms with Crippen LogP contribution in [-0.4, -0.2) is 42.0 Å². The van der Waals surface area contributed by atoms with Crippen molar-refractivity contribution in [1.82, 2.24) is 9.29 Å². The number of aliphatic hydroxyl groups excluding tert-OH is 1. The number of halogens is 1. The zero-order chi connectivity index (χ0) is 12.5. The van der Waals surface area contributed by atoms with Gasteiger partial charge in [0.15, 0.2) is 5.82 Å². The van der Waals surface area contributed by atoms with Crippen LogP contribution in [0.25, 0.3) is 0 Å². The lowest BCUT2D eigenvalue weighted by Crippen LogP contribution is -2.42. The summed E-state index contributed by atoms with van der Waals surface area (Å²) in [5.41, 5.74) is 0. The first-order valence-corrected chi connectivity index (χ1v) is 6.74. The molecular weight excluding hydrogens is 247 g/mol. The van der Waals surface area contributed by atoms with Crippen molar-refractivity contribution in [3.8, 4) is 0 Å². The van der Waals surface area contributed by atoms with Crippen molar-refractivity contribution in [3.05, 3.63) is 24.1 Å². The number of nitrogens with zero attached hydrogens (tertiary/aromatic N) is 2. The average Bonchev–Trinajstić information content (AvgIpc) is 2.29. The fourth-order valence-electron chi connectivity index (χ4n) is 1.82. The van der Waals surface area contributed by atoms with Gasteiger partial charge in [-0.2, -0.15) is 4.31 Å². The molecule has 0 amide bonds. The molecule has 0 bridgehead atoms. The summed E-state index contributed by atoms with van der Waals surface area (Å²) in [4.78, 5) is 3.56. The van der Waals surface area contributed by atoms with E-state index in [2.05, 4.69) is 4.98 Å². The van der Waals surface area contributed by atoms with E-state index in [-0.39, 0.29) is 13.1 Å². The Bertz CT molecular complexity index is 506. The maximum Gasteiger partial charge on any atom is 0.263 e. The van der Waals surface area contributed by atoms with E-state index in [9.17, 15) is 17.9 Å². The van der Waals surface area contributed by atoms with Gasteiger partial charge >= 0.3 is 0 Å². The Kier molecular flexibility index (Phi) is 3.41. The van der Waals surface area contributed by atoms with Gasteiger partial charge in [0.25, 0.3) is 10.0 Å². The summed E-state index contributed by atoms with van der Waals surface area (Å²) in [5.74, 6) is -0.868. The number of hydrogen-bond acceptors (Lipinski definition) is 4. The van der Waals surface area contributed by atoms with Gasteiger partial charge in [-0.3, -0.25) is 0 Å². The van der Waals surface area contributed by atoms with Crippen molar-refractivity contribution in [3.63, 3.8) is 0 Å². The van der Waals surface area contributed by atoms with Gasteiger partial charge in [0.2, 0.25) is 5.03 Å². The highest BCUT2D eigenvalue weighted by atomic mass is 32.2. The fraction of sp³-hybridized carbons (Fsp3) is 0.500. The molecule has 2 heterocycles. The molecule has 0 radical (unpaired) electrons. The van der Waals surface area contributed by atoms with Crippen molar-refractivity contribution in [2.45, 2.75) is 24.0 Å². The Morgan fingerprint density at radius 2 is 2.29 bits per heavy atom. The van der Waals surface area contributed by atoms with Gasteiger partial charge < -0.3 is 5.11 Å². The third-order valence-electron chi connectivity index (χ3n) is 2.67. The lowest BCUT2D eigenvalue weighted by Gasteiger charge is -2.28. The number of pyridine rings is 1. The maximum atomic E-state index is 13.4. The molecule has 0 saturated carbocycles. The first kappa shape index (κ1) is 12.4. The molecule has 0 unspecified atom stereocenters. The van der Waals surface area contributed by atoms with Crippen molar-refractivity contribution in [1.29, 1.82) is 0 Å². The predicted molar refractivity (Wildman–Crippen MR) is 58.2 cm³/mol. The number of aromatic nitrogens is 1. The van der Waals surface area contributed by atoms with Crippen LogP contribution in [0.4, 0.5) is 4.39 Å². The molecule has 94 valence electrons. The van der Waals surface area contributed by atoms with E-state index >= 15 is 0 Å². The van der Waals surface area contributed by atoms with Crippen LogP contribution in [0.5, 0.6) is 0 Å². The summed E-state index contributed by atoms with van der Waals surface area (Å²) < 4.78 is 38.6. The third-order valence-corrected chi connectivity index (χ3v) is 4.47. The van der Waals surface area contributed by atoms with Crippen molar-refractivity contribution < 1.29 is 17.9 Å². The van der Waals surface area contributed by atoms with Gasteiger partial charge in [0.1, 0.15) is 0 Å². The highest BCUT2D eigenvalue weighted by molar-refractivity contribution is 7.89. The topological polar surface area (TPSA) is 70.5 Å². The molecule has 1 saturated heterocycles. The summed E-state index contributed by atoms with van der Waals surface area (Å²) in [6, 6.07) is 2.39. The Morgan fingerprint density at radius 1 is 1.53 bits per heavy atom. The molecule has 1 aliphatic heterocycles. The molecule has 1 fully saturated rings. The Hall–Kier alpha value is -1.05. The average molecular weight is 260 g/mol. The number of β-amino-alcohol motifs (C(OH)–C–C–N with tert-alkyl or cyclic N) is 1. The first-order valence-electron chi connectivity index (χ1n) is 5.30. The molecule has 2 rings (SSSR count). The molecule has 1 aliphatic rings. The SMILES string of the molecule is O=S(=O)(c1ncccc1F)N1CCC[C@H](O)C1. The Balaban J connectivity index is 2.33. The van der Waals surface area contributed by atoms with E-state index in [1.807, 2.05) is 0 Å². The summed E-state index contributed by atoms with van der Waals surface area (Å²) >= 11 is 0. The van der Waals surface area contributed by atoms with E-state index in [4.69, 9.17) is 0 Å². The smallest absolute Gasteiger partial charge is 0.263 e. The zero-order valence-corrected chi connectivity index (χ0v) is 9.90. The number of rotatable bonds is 2. The van der Waals surface area contributed by atoms with Crippen LogP contribution < -0.4 is 0 Å². The van der Waals surface area contributed by atoms with Crippen LogP contribution in [0, 0.1) is 5.82 Å². The van der Waals surface area contributed by atoms with Crippen LogP contribution in [-0.2, 0) is 10.0 Å². The van der Waals surface area contributed by atoms with Crippen LogP contribution in [0.2, 0.25) is 0 Å². The summed E-state index contributed by atoms with van der Waals surface area (Å²) in [6.07, 6.45) is 1.67. The van der Waals surface area contributed by atoms with E-state index < -0.39 is 27.0 Å². The second-order valence-corrected chi connectivity index (χ2v) is 5.80. The van der Waals surface area contributed by atoms with Crippen molar-refractivity contribution >= 4 is 10.0 Å². The van der Waals surface area contributed by atoms with Gasteiger partial charge in [-0.05, 0) is 25.0 Å². The second-order valence-electron chi connectivity index (χ2n) is 3.95. The largest absolute Gasteiger partial charge is 0.392 e. The Labute approximate surface area is 99.0 Å². The molecule has 5 nitrogen and oxygen atoms in total. The molecular formula is C10H13FN2O3S. The maximum absolute atomic E-state index is 13.4. The summed E-state index contributed by atoms with van der Waals surface area (Å²) in [5, 5.41) is 8.86. The standard InChI is InChI=1S/C10H13FN2O3S/c11-9-4-1-5-12-10(9)17(15,16)13-6-2-3-8(14)7-13/h1,4-5,8,14H,2-3,6-7H2/t8-/m0/s1. The van der Waals surface area contributed by atoms with E-state index in [1.165, 1.54) is 12.3 Å². The van der Waals surface area contributed by atoms with Gasteiger partial charge in [0, 0.05) is 19.3 Å². The fourth-order valence-corrected chi connectivity index (χ4v) is 3.31. The molecule has 0 aromatic carbocycles. The van der Waals surface area contributed by atoms with Crippen LogP contribution in [0.3, 0.4) is 0 Å². The molecule has 1 aromatic heterocycles. The third kappa shape index (κ3) is 2.46. The van der Waals surface area contributed by atoms with Gasteiger partial charge in [-0.1, -0.05) is 0 Å². The normalized spacial score (nSPS) is 22.6. The first-order chi connectivity index (χ1) is 8.01. The van der Waals surface area contributed by atoms with Crippen molar-refractivity contribution in [2.24, 2.45) is 0 Å². The molecule has 0 aliphatic carbocycles. The van der Waals surface area contributed by atoms with Crippen LogP contribution in [0.1, 0.15) is 12.8 Å². The van der Waals surface area contributed by atoms with E-state index in [1.54, 1.807) is 0 Å². The molecule has 17 heavy (non-hydrogen) atoms. The number of aliphatic hydroxyl groups is 1. The van der Waals surface area contributed by atoms with Crippen LogP contribution in [0.15, 0.2) is 23.4 Å².